The van der Waals surface area contributed by atoms with Crippen molar-refractivity contribution in [2.45, 2.75) is 19.8 Å². The van der Waals surface area contributed by atoms with Crippen LogP contribution in [-0.4, -0.2) is 42.5 Å². The number of ether oxygens (including phenoxy) is 3. The first-order valence-electron chi connectivity index (χ1n) is 9.90. The number of hydrogen-bond donors (Lipinski definition) is 0. The number of unbranched alkanes of at least 4 members (excludes halogenated alkanes) is 1. The number of nitrogens with zero attached hydrogens (tertiary/aromatic N) is 2. The van der Waals surface area contributed by atoms with Crippen LogP contribution >= 0.6 is 0 Å². The standard InChI is InChI=1S/C23H22F2N2O5/c1-4-5-11-32-21-16(12-14(24)13-17(21)25)19-18(22(28)30-2)20(23(29)31-3)27(26-19)15-9-7-6-8-10-15/h6-10,12-13H,4-5,11H2,1-3H3. The van der Waals surface area contributed by atoms with Crippen molar-refractivity contribution >= 4 is 11.9 Å². The number of hydrogen-bond acceptors (Lipinski definition) is 6. The molecule has 0 saturated carbocycles. The predicted octanol–water partition coefficient (Wildman–Crippen LogP) is 4.57. The number of rotatable bonds is 8. The second kappa shape index (κ2) is 10.0. The van der Waals surface area contributed by atoms with Crippen LogP contribution in [0.2, 0.25) is 0 Å². The molecule has 0 saturated heterocycles. The molecule has 1 aromatic heterocycles. The van der Waals surface area contributed by atoms with Gasteiger partial charge in [-0.15, -0.1) is 0 Å². The average molecular weight is 444 g/mol. The molecule has 9 heteroatoms. The number of carbonyl (C=O) groups excluding carboxylic acids is 2. The van der Waals surface area contributed by atoms with Crippen molar-refractivity contribution in [2.24, 2.45) is 0 Å². The van der Waals surface area contributed by atoms with Gasteiger partial charge in [-0.25, -0.2) is 23.1 Å². The van der Waals surface area contributed by atoms with Gasteiger partial charge in [-0.1, -0.05) is 31.5 Å². The zero-order chi connectivity index (χ0) is 23.3. The molecule has 1 heterocycles. The van der Waals surface area contributed by atoms with E-state index >= 15 is 0 Å². The number of methoxy groups -OCH3 is 2. The molecule has 0 atom stereocenters. The summed E-state index contributed by atoms with van der Waals surface area (Å²) >= 11 is 0. The van der Waals surface area contributed by atoms with Gasteiger partial charge in [0.25, 0.3) is 0 Å². The quantitative estimate of drug-likeness (QED) is 0.374. The van der Waals surface area contributed by atoms with E-state index in [2.05, 4.69) is 5.10 Å². The number of aromatic nitrogens is 2. The van der Waals surface area contributed by atoms with E-state index in [1.54, 1.807) is 30.3 Å². The molecular weight excluding hydrogens is 422 g/mol. The van der Waals surface area contributed by atoms with Crippen LogP contribution in [0.4, 0.5) is 8.78 Å². The lowest BCUT2D eigenvalue weighted by molar-refractivity contribution is 0.0549. The minimum absolute atomic E-state index is 0.126. The van der Waals surface area contributed by atoms with Crippen LogP contribution in [0.5, 0.6) is 5.75 Å². The number of para-hydroxylation sites is 1. The van der Waals surface area contributed by atoms with Crippen molar-refractivity contribution in [1.29, 1.82) is 0 Å². The molecule has 0 aliphatic carbocycles. The third-order valence-electron chi connectivity index (χ3n) is 4.66. The van der Waals surface area contributed by atoms with Gasteiger partial charge in [0.05, 0.1) is 32.1 Å². The van der Waals surface area contributed by atoms with Crippen LogP contribution in [0.25, 0.3) is 16.9 Å². The normalized spacial score (nSPS) is 10.7. The predicted molar refractivity (Wildman–Crippen MR) is 112 cm³/mol. The van der Waals surface area contributed by atoms with Crippen LogP contribution < -0.4 is 4.74 Å². The van der Waals surface area contributed by atoms with E-state index < -0.39 is 23.6 Å². The lowest BCUT2D eigenvalue weighted by atomic mass is 10.0. The maximum Gasteiger partial charge on any atom is 0.357 e. The molecule has 0 radical (unpaired) electrons. The molecule has 3 aromatic rings. The van der Waals surface area contributed by atoms with E-state index in [-0.39, 0.29) is 34.9 Å². The van der Waals surface area contributed by atoms with Gasteiger partial charge in [-0.2, -0.15) is 5.10 Å². The van der Waals surface area contributed by atoms with Crippen molar-refractivity contribution in [3.63, 3.8) is 0 Å². The molecule has 7 nitrogen and oxygen atoms in total. The summed E-state index contributed by atoms with van der Waals surface area (Å²) in [5.41, 5.74) is -0.419. The Morgan fingerprint density at radius 2 is 1.72 bits per heavy atom. The largest absolute Gasteiger partial charge is 0.490 e. The van der Waals surface area contributed by atoms with Gasteiger partial charge in [0, 0.05) is 6.07 Å². The first-order valence-corrected chi connectivity index (χ1v) is 9.90. The second-order valence-electron chi connectivity index (χ2n) is 6.77. The fourth-order valence-corrected chi connectivity index (χ4v) is 3.14. The minimum atomic E-state index is -0.958. The van der Waals surface area contributed by atoms with Gasteiger partial charge < -0.3 is 14.2 Å². The van der Waals surface area contributed by atoms with Gasteiger partial charge in [-0.3, -0.25) is 0 Å². The first-order chi connectivity index (χ1) is 15.4. The molecule has 3 rings (SSSR count). The Hall–Kier alpha value is -3.75. The third kappa shape index (κ3) is 4.46. The van der Waals surface area contributed by atoms with Crippen molar-refractivity contribution in [3.8, 4) is 22.7 Å². The van der Waals surface area contributed by atoms with Crippen molar-refractivity contribution in [3.05, 3.63) is 65.4 Å². The Bertz CT molecular complexity index is 1130. The molecule has 0 unspecified atom stereocenters. The highest BCUT2D eigenvalue weighted by molar-refractivity contribution is 6.07. The van der Waals surface area contributed by atoms with E-state index in [1.165, 1.54) is 4.68 Å². The number of esters is 2. The molecule has 0 aliphatic heterocycles. The number of halogens is 2. The Kier molecular flexibility index (Phi) is 7.19. The summed E-state index contributed by atoms with van der Waals surface area (Å²) < 4.78 is 45.3. The summed E-state index contributed by atoms with van der Waals surface area (Å²) in [5, 5.41) is 4.36. The first kappa shape index (κ1) is 22.9. The summed E-state index contributed by atoms with van der Waals surface area (Å²) in [4.78, 5) is 25.4. The number of carbonyl (C=O) groups is 2. The average Bonchev–Trinajstić information content (AvgIpc) is 3.20. The molecule has 168 valence electrons. The molecule has 0 fully saturated rings. The van der Waals surface area contributed by atoms with Gasteiger partial charge in [0.15, 0.2) is 17.3 Å². The highest BCUT2D eigenvalue weighted by Crippen LogP contribution is 2.37. The molecule has 0 spiro atoms. The van der Waals surface area contributed by atoms with Crippen molar-refractivity contribution in [2.75, 3.05) is 20.8 Å². The van der Waals surface area contributed by atoms with Crippen molar-refractivity contribution in [1.82, 2.24) is 9.78 Å². The Morgan fingerprint density at radius 1 is 1.03 bits per heavy atom. The lowest BCUT2D eigenvalue weighted by Crippen LogP contribution is -2.15. The van der Waals surface area contributed by atoms with Crippen LogP contribution in [-0.2, 0) is 9.47 Å². The van der Waals surface area contributed by atoms with E-state index in [1.807, 2.05) is 6.92 Å². The van der Waals surface area contributed by atoms with Gasteiger partial charge >= 0.3 is 11.9 Å². The number of benzene rings is 2. The van der Waals surface area contributed by atoms with Crippen molar-refractivity contribution < 1.29 is 32.6 Å². The summed E-state index contributed by atoms with van der Waals surface area (Å²) in [6.45, 7) is 2.10. The maximum absolute atomic E-state index is 14.7. The maximum atomic E-state index is 14.7. The smallest absolute Gasteiger partial charge is 0.357 e. The van der Waals surface area contributed by atoms with E-state index in [9.17, 15) is 18.4 Å². The fourth-order valence-electron chi connectivity index (χ4n) is 3.14. The van der Waals surface area contributed by atoms with Crippen LogP contribution in [0.3, 0.4) is 0 Å². The molecule has 0 amide bonds. The Labute approximate surface area is 183 Å². The van der Waals surface area contributed by atoms with Gasteiger partial charge in [0.2, 0.25) is 0 Å². The summed E-state index contributed by atoms with van der Waals surface area (Å²) in [6.07, 6.45) is 1.42. The third-order valence-corrected chi connectivity index (χ3v) is 4.66. The monoisotopic (exact) mass is 444 g/mol. The Morgan fingerprint density at radius 3 is 2.34 bits per heavy atom. The zero-order valence-corrected chi connectivity index (χ0v) is 17.9. The summed E-state index contributed by atoms with van der Waals surface area (Å²) in [5.74, 6) is -3.94. The van der Waals surface area contributed by atoms with Crippen LogP contribution in [0.1, 0.15) is 40.6 Å². The molecule has 32 heavy (non-hydrogen) atoms. The topological polar surface area (TPSA) is 79.7 Å². The highest BCUT2D eigenvalue weighted by Gasteiger charge is 2.33. The minimum Gasteiger partial charge on any atom is -0.490 e. The van der Waals surface area contributed by atoms with E-state index in [0.717, 1.165) is 26.7 Å². The van der Waals surface area contributed by atoms with Crippen LogP contribution in [0.15, 0.2) is 42.5 Å². The van der Waals surface area contributed by atoms with E-state index in [4.69, 9.17) is 14.2 Å². The second-order valence-corrected chi connectivity index (χ2v) is 6.77. The molecule has 2 aromatic carbocycles. The summed E-state index contributed by atoms with van der Waals surface area (Å²) in [6, 6.07) is 10.1. The van der Waals surface area contributed by atoms with Gasteiger partial charge in [0.1, 0.15) is 17.1 Å². The zero-order valence-electron chi connectivity index (χ0n) is 17.9. The Balaban J connectivity index is 2.35. The lowest BCUT2D eigenvalue weighted by Gasteiger charge is -2.12. The highest BCUT2D eigenvalue weighted by atomic mass is 19.1. The van der Waals surface area contributed by atoms with Gasteiger partial charge in [-0.05, 0) is 24.6 Å². The fraction of sp³-hybridized carbons (Fsp3) is 0.261. The molecule has 0 aliphatic rings. The SMILES string of the molecule is CCCCOc1c(F)cc(F)cc1-c1nn(-c2ccccc2)c(C(=O)OC)c1C(=O)OC. The van der Waals surface area contributed by atoms with E-state index in [0.29, 0.717) is 18.2 Å². The molecular formula is C23H22F2N2O5. The molecule has 0 N–H and O–H groups in total. The van der Waals surface area contributed by atoms with Crippen LogP contribution in [0, 0.1) is 11.6 Å². The summed E-state index contributed by atoms with van der Waals surface area (Å²) in [7, 11) is 2.27. The molecule has 0 bridgehead atoms.